The summed E-state index contributed by atoms with van der Waals surface area (Å²) in [4.78, 5) is 39.8. The maximum absolute atomic E-state index is 12.7. The van der Waals surface area contributed by atoms with Crippen molar-refractivity contribution in [3.63, 3.8) is 0 Å². The average Bonchev–Trinajstić information content (AvgIpc) is 3.39. The van der Waals surface area contributed by atoms with Gasteiger partial charge >= 0.3 is 18.4 Å². The van der Waals surface area contributed by atoms with Crippen LogP contribution in [0.4, 0.5) is 42.5 Å². The Hall–Kier alpha value is -6.20. The fourth-order valence-corrected chi connectivity index (χ4v) is 7.87. The van der Waals surface area contributed by atoms with E-state index in [4.69, 9.17) is 0 Å². The van der Waals surface area contributed by atoms with Crippen LogP contribution in [0.15, 0.2) is 145 Å². The lowest BCUT2D eigenvalue weighted by molar-refractivity contribution is -0.138. The third kappa shape index (κ3) is 23.1. The molecule has 8 rings (SSSR count). The minimum absolute atomic E-state index is 0.0165. The molecule has 0 spiro atoms. The molecule has 2 amide bonds. The SMILES string of the molecule is CNC1CCN(Cc2ccccc2)CC1.CNC1CCNCC1.O=C(Nc1cccc(C(F)(F)F)c1)NC1CCN(Cc2ccccc2)CC1.O=C=Nc1cccc(C(F)(F)F)c1.O=Cc1ccccc1. The molecule has 3 saturated heterocycles. The third-order valence-electron chi connectivity index (χ3n) is 11.9. The fraction of sp³-hybridized carbons (Fsp3) is 0.389. The van der Waals surface area contributed by atoms with E-state index in [1.54, 1.807) is 12.1 Å². The largest absolute Gasteiger partial charge is 0.416 e. The Morgan fingerprint density at radius 1 is 0.620 bits per heavy atom. The van der Waals surface area contributed by atoms with Gasteiger partial charge in [0.05, 0.1) is 16.8 Å². The van der Waals surface area contributed by atoms with E-state index in [0.29, 0.717) is 0 Å². The van der Waals surface area contributed by atoms with Crippen molar-refractivity contribution in [3.8, 4) is 0 Å². The number of amides is 2. The van der Waals surface area contributed by atoms with Crippen molar-refractivity contribution in [1.29, 1.82) is 0 Å². The number of piperidine rings is 3. The van der Waals surface area contributed by atoms with E-state index in [1.807, 2.05) is 43.4 Å². The molecule has 5 aromatic carbocycles. The average molecular weight is 989 g/mol. The van der Waals surface area contributed by atoms with Gasteiger partial charge in [-0.05, 0) is 126 Å². The van der Waals surface area contributed by atoms with Crippen LogP contribution in [0, 0.1) is 0 Å². The quantitative estimate of drug-likeness (QED) is 0.0405. The molecular formula is C54H66F6N8O3. The zero-order chi connectivity index (χ0) is 51.3. The summed E-state index contributed by atoms with van der Waals surface area (Å²) in [6.07, 6.45) is -0.0802. The van der Waals surface area contributed by atoms with Crippen LogP contribution in [0.25, 0.3) is 0 Å². The zero-order valence-corrected chi connectivity index (χ0v) is 40.3. The predicted molar refractivity (Wildman–Crippen MR) is 268 cm³/mol. The summed E-state index contributed by atoms with van der Waals surface area (Å²) >= 11 is 0. The summed E-state index contributed by atoms with van der Waals surface area (Å²) < 4.78 is 74.4. The van der Waals surface area contributed by atoms with E-state index < -0.39 is 29.5 Å². The number of urea groups is 1. The van der Waals surface area contributed by atoms with Crippen molar-refractivity contribution in [2.45, 2.75) is 82.1 Å². The molecule has 0 aliphatic carbocycles. The van der Waals surface area contributed by atoms with Crippen LogP contribution in [0.1, 0.15) is 71.1 Å². The molecule has 11 nitrogen and oxygen atoms in total. The number of nitrogens with one attached hydrogen (secondary N) is 5. The molecule has 0 bridgehead atoms. The van der Waals surface area contributed by atoms with Gasteiger partial charge in [0.25, 0.3) is 0 Å². The molecule has 71 heavy (non-hydrogen) atoms. The van der Waals surface area contributed by atoms with Gasteiger partial charge < -0.3 is 26.6 Å². The van der Waals surface area contributed by atoms with Crippen molar-refractivity contribution in [2.75, 3.05) is 58.7 Å². The van der Waals surface area contributed by atoms with E-state index in [2.05, 4.69) is 90.9 Å². The monoisotopic (exact) mass is 989 g/mol. The molecule has 5 aromatic rings. The van der Waals surface area contributed by atoms with E-state index in [9.17, 15) is 40.7 Å². The van der Waals surface area contributed by atoms with Crippen molar-refractivity contribution in [1.82, 2.24) is 31.1 Å². The highest BCUT2D eigenvalue weighted by molar-refractivity contribution is 5.89. The molecule has 3 heterocycles. The van der Waals surface area contributed by atoms with Crippen LogP contribution in [0.3, 0.4) is 0 Å². The van der Waals surface area contributed by atoms with E-state index >= 15 is 0 Å². The van der Waals surface area contributed by atoms with Crippen LogP contribution in [-0.2, 0) is 30.2 Å². The number of aliphatic imine (C=N–C) groups is 1. The Bertz CT molecular complexity index is 2300. The lowest BCUT2D eigenvalue weighted by Gasteiger charge is -2.32. The highest BCUT2D eigenvalue weighted by Crippen LogP contribution is 2.32. The van der Waals surface area contributed by atoms with Gasteiger partial charge in [-0.15, -0.1) is 0 Å². The Kier molecular flexibility index (Phi) is 25.2. The number of hydrogen-bond acceptors (Lipinski definition) is 9. The van der Waals surface area contributed by atoms with Crippen molar-refractivity contribution < 1.29 is 40.7 Å². The lowest BCUT2D eigenvalue weighted by atomic mass is 10.0. The number of anilines is 1. The van der Waals surface area contributed by atoms with Crippen molar-refractivity contribution in [3.05, 3.63) is 167 Å². The first-order valence-electron chi connectivity index (χ1n) is 23.8. The molecule has 17 heteroatoms. The molecule has 0 unspecified atom stereocenters. The minimum Gasteiger partial charge on any atom is -0.335 e. The van der Waals surface area contributed by atoms with Gasteiger partial charge in [-0.1, -0.05) is 103 Å². The number of benzene rings is 5. The number of carbonyl (C=O) groups is 2. The standard InChI is InChI=1S/C20H22F3N3O.C13H20N2.C8H4F3NO.C7H6O.C6H14N2/c21-20(22,23)16-7-4-8-18(13-16)25-19(27)24-17-9-11-26(12-10-17)14-15-5-2-1-3-6-15;1-14-13-7-9-15(10-8-13)11-12-5-3-2-4-6-12;9-8(10,11)6-2-1-3-7(4-6)12-5-13;8-6-7-4-2-1-3-5-7;1-7-6-2-4-8-5-3-6/h1-8,13,17H,9-12,14H2,(H2,24,25,27);2-6,13-14H,7-11H2,1H3;1-4H;1-6H;6-8H,2-5H2,1H3. The molecule has 3 fully saturated rings. The molecule has 0 aromatic heterocycles. The van der Waals surface area contributed by atoms with Crippen LogP contribution < -0.4 is 26.6 Å². The number of alkyl halides is 6. The number of rotatable bonds is 10. The second kappa shape index (κ2) is 31.2. The summed E-state index contributed by atoms with van der Waals surface area (Å²) in [5.41, 5.74) is 1.88. The maximum Gasteiger partial charge on any atom is 0.416 e. The number of likely N-dealkylation sites (tertiary alicyclic amines) is 2. The van der Waals surface area contributed by atoms with Crippen LogP contribution >= 0.6 is 0 Å². The number of carbonyl (C=O) groups excluding carboxylic acids is 3. The molecular weight excluding hydrogens is 923 g/mol. The zero-order valence-electron chi connectivity index (χ0n) is 40.3. The Morgan fingerprint density at radius 2 is 1.07 bits per heavy atom. The second-order valence-corrected chi connectivity index (χ2v) is 17.1. The highest BCUT2D eigenvalue weighted by atomic mass is 19.4. The number of isocyanates is 1. The van der Waals surface area contributed by atoms with Crippen LogP contribution in [0.5, 0.6) is 0 Å². The smallest absolute Gasteiger partial charge is 0.335 e. The molecule has 5 N–H and O–H groups in total. The third-order valence-corrected chi connectivity index (χ3v) is 11.9. The van der Waals surface area contributed by atoms with Gasteiger partial charge in [-0.3, -0.25) is 14.6 Å². The first kappa shape index (κ1) is 57.4. The normalized spacial score (nSPS) is 15.8. The van der Waals surface area contributed by atoms with Crippen molar-refractivity contribution >= 4 is 29.8 Å². The summed E-state index contributed by atoms with van der Waals surface area (Å²) in [5.74, 6) is 0. The van der Waals surface area contributed by atoms with Gasteiger partial charge in [0.1, 0.15) is 6.29 Å². The Morgan fingerprint density at radius 3 is 1.51 bits per heavy atom. The lowest BCUT2D eigenvalue weighted by Crippen LogP contribution is -2.45. The number of aldehydes is 1. The van der Waals surface area contributed by atoms with Crippen molar-refractivity contribution in [2.24, 2.45) is 4.99 Å². The fourth-order valence-electron chi connectivity index (χ4n) is 7.87. The van der Waals surface area contributed by atoms with E-state index in [0.717, 1.165) is 87.2 Å². The Labute approximate surface area is 413 Å². The van der Waals surface area contributed by atoms with Gasteiger partial charge in [-0.25, -0.2) is 9.59 Å². The minimum atomic E-state index is -4.43. The summed E-state index contributed by atoms with van der Waals surface area (Å²) in [6.45, 7) is 8.53. The van der Waals surface area contributed by atoms with E-state index in [-0.39, 0.29) is 17.4 Å². The van der Waals surface area contributed by atoms with Gasteiger partial charge in [0, 0.05) is 55.6 Å². The number of halogens is 6. The molecule has 3 aliphatic heterocycles. The molecule has 382 valence electrons. The molecule has 0 atom stereocenters. The van der Waals surface area contributed by atoms with Gasteiger partial charge in [-0.2, -0.15) is 31.3 Å². The highest BCUT2D eigenvalue weighted by Gasteiger charge is 2.31. The summed E-state index contributed by atoms with van der Waals surface area (Å²) in [6, 6.07) is 39.9. The van der Waals surface area contributed by atoms with Gasteiger partial charge in [0.15, 0.2) is 0 Å². The Balaban J connectivity index is 0.000000211. The summed E-state index contributed by atoms with van der Waals surface area (Å²) in [5, 5.41) is 15.3. The molecule has 0 radical (unpaired) electrons. The van der Waals surface area contributed by atoms with Crippen LogP contribution in [0.2, 0.25) is 0 Å². The van der Waals surface area contributed by atoms with Crippen LogP contribution in [-0.4, -0.2) is 99.7 Å². The summed E-state index contributed by atoms with van der Waals surface area (Å²) in [7, 11) is 4.10. The second-order valence-electron chi connectivity index (χ2n) is 17.1. The van der Waals surface area contributed by atoms with Gasteiger partial charge in [0.2, 0.25) is 6.08 Å². The molecule has 0 saturated carbocycles. The molecule has 3 aliphatic rings. The first-order valence-corrected chi connectivity index (χ1v) is 23.8. The van der Waals surface area contributed by atoms with E-state index in [1.165, 1.54) is 93.3 Å². The first-order chi connectivity index (χ1) is 34.2. The predicted octanol–water partition coefficient (Wildman–Crippen LogP) is 10.5. The number of nitrogens with zero attached hydrogens (tertiary/aromatic N) is 3. The number of hydrogen-bond donors (Lipinski definition) is 5. The maximum atomic E-state index is 12.7. The topological polar surface area (TPSA) is 130 Å².